The molecule has 0 aromatic rings. The van der Waals surface area contributed by atoms with Gasteiger partial charge in [-0.25, -0.2) is 0 Å². The van der Waals surface area contributed by atoms with Gasteiger partial charge in [0.2, 0.25) is 0 Å². The molecule has 0 rings (SSSR count). The van der Waals surface area contributed by atoms with Gasteiger partial charge in [0, 0.05) is 0 Å². The SMILES string of the molecule is [CH2]CCCCCCCC[Si](C)(C)O[Si](C)(C)O[Si](C)(C)O[Si](C)(C)C. The van der Waals surface area contributed by atoms with E-state index in [9.17, 15) is 0 Å². The molecule has 7 heteroatoms. The molecule has 0 amide bonds. The van der Waals surface area contributed by atoms with E-state index in [0.717, 1.165) is 6.42 Å². The quantitative estimate of drug-likeness (QED) is 0.222. The Kier molecular flexibility index (Phi) is 11.2. The van der Waals surface area contributed by atoms with E-state index in [-0.39, 0.29) is 0 Å². The first-order valence-corrected chi connectivity index (χ1v) is 22.2. The summed E-state index contributed by atoms with van der Waals surface area (Å²) >= 11 is 0. The van der Waals surface area contributed by atoms with Crippen LogP contribution in [0.15, 0.2) is 0 Å². The van der Waals surface area contributed by atoms with Crippen LogP contribution in [0.3, 0.4) is 0 Å². The van der Waals surface area contributed by atoms with Crippen LogP contribution in [0.4, 0.5) is 0 Å². The van der Waals surface area contributed by atoms with Gasteiger partial charge in [-0.05, 0) is 65.0 Å². The first-order chi connectivity index (χ1) is 11.2. The molecule has 25 heavy (non-hydrogen) atoms. The molecule has 0 aliphatic carbocycles. The second-order valence-electron chi connectivity index (χ2n) is 9.70. The summed E-state index contributed by atoms with van der Waals surface area (Å²) in [5, 5.41) is 0. The molecule has 1 radical (unpaired) electrons. The molecule has 0 atom stereocenters. The molecule has 0 aromatic carbocycles. The lowest BCUT2D eigenvalue weighted by molar-refractivity contribution is 0.329. The monoisotopic (exact) mass is 421 g/mol. The fourth-order valence-corrected chi connectivity index (χ4v) is 22.1. The summed E-state index contributed by atoms with van der Waals surface area (Å²) in [7, 11) is -7.51. The standard InChI is InChI=1S/C18H45O3Si4/c1-11-12-13-14-15-16-17-18-23(5,6)20-25(9,10)21-24(7,8)19-22(2,3)4/h1,11-18H2,2-10H3. The number of unbranched alkanes of at least 4 members (excludes halogenated alkanes) is 6. The van der Waals surface area contributed by atoms with E-state index < -0.39 is 33.8 Å². The van der Waals surface area contributed by atoms with Crippen molar-refractivity contribution in [1.29, 1.82) is 0 Å². The molecular formula is C18H45O3Si4. The number of rotatable bonds is 14. The van der Waals surface area contributed by atoms with Crippen molar-refractivity contribution < 1.29 is 12.3 Å². The van der Waals surface area contributed by atoms with Crippen LogP contribution in [0.5, 0.6) is 0 Å². The van der Waals surface area contributed by atoms with Gasteiger partial charge in [-0.3, -0.25) is 0 Å². The molecular weight excluding hydrogens is 377 g/mol. The molecule has 0 aliphatic rings. The highest BCUT2D eigenvalue weighted by molar-refractivity contribution is 6.89. The third-order valence-corrected chi connectivity index (χ3v) is 17.9. The van der Waals surface area contributed by atoms with Crippen molar-refractivity contribution >= 4 is 33.8 Å². The maximum atomic E-state index is 6.64. The Morgan fingerprint density at radius 1 is 0.560 bits per heavy atom. The Morgan fingerprint density at radius 3 is 1.48 bits per heavy atom. The average Bonchev–Trinajstić information content (AvgIpc) is 2.31. The Balaban J connectivity index is 4.31. The minimum atomic E-state index is -2.15. The molecule has 0 saturated heterocycles. The smallest absolute Gasteiger partial charge is 0.312 e. The lowest BCUT2D eigenvalue weighted by atomic mass is 10.1. The predicted octanol–water partition coefficient (Wildman–Crippen LogP) is 7.04. The van der Waals surface area contributed by atoms with E-state index in [1.807, 2.05) is 0 Å². The van der Waals surface area contributed by atoms with Crippen molar-refractivity contribution in [2.24, 2.45) is 0 Å². The van der Waals surface area contributed by atoms with E-state index >= 15 is 0 Å². The van der Waals surface area contributed by atoms with Gasteiger partial charge in [-0.15, -0.1) is 0 Å². The van der Waals surface area contributed by atoms with Crippen LogP contribution < -0.4 is 0 Å². The minimum Gasteiger partial charge on any atom is -0.437 e. The van der Waals surface area contributed by atoms with Crippen molar-refractivity contribution in [3.63, 3.8) is 0 Å². The maximum absolute atomic E-state index is 6.64. The molecule has 0 aliphatic heterocycles. The highest BCUT2D eigenvalue weighted by atomic mass is 28.5. The molecule has 0 aromatic heterocycles. The summed E-state index contributed by atoms with van der Waals surface area (Å²) in [5.41, 5.74) is 0. The molecule has 0 unspecified atom stereocenters. The zero-order valence-corrected chi connectivity index (χ0v) is 22.6. The number of hydrogen-bond donors (Lipinski definition) is 0. The van der Waals surface area contributed by atoms with Crippen LogP contribution in [0.1, 0.15) is 44.9 Å². The Labute approximate surface area is 163 Å². The fraction of sp³-hybridized carbons (Fsp3) is 0.944. The molecule has 151 valence electrons. The minimum absolute atomic E-state index is 1.08. The van der Waals surface area contributed by atoms with Gasteiger partial charge in [0.15, 0.2) is 16.6 Å². The summed E-state index contributed by atoms with van der Waals surface area (Å²) in [6.07, 6.45) is 9.03. The van der Waals surface area contributed by atoms with Crippen LogP contribution in [-0.2, 0) is 12.3 Å². The topological polar surface area (TPSA) is 27.7 Å². The van der Waals surface area contributed by atoms with Crippen LogP contribution >= 0.6 is 0 Å². The molecule has 0 saturated carbocycles. The zero-order valence-electron chi connectivity index (χ0n) is 18.6. The lowest BCUT2D eigenvalue weighted by Crippen LogP contribution is -2.55. The van der Waals surface area contributed by atoms with Crippen LogP contribution in [0.25, 0.3) is 0 Å². The largest absolute Gasteiger partial charge is 0.437 e. The first kappa shape index (κ1) is 25.7. The lowest BCUT2D eigenvalue weighted by Gasteiger charge is -2.40. The van der Waals surface area contributed by atoms with Gasteiger partial charge in [0.05, 0.1) is 0 Å². The molecule has 0 N–H and O–H groups in total. The second kappa shape index (κ2) is 10.9. The third kappa shape index (κ3) is 15.5. The van der Waals surface area contributed by atoms with Crippen LogP contribution in [0, 0.1) is 6.92 Å². The van der Waals surface area contributed by atoms with Gasteiger partial charge in [0.1, 0.15) is 0 Å². The first-order valence-electron chi connectivity index (χ1n) is 10.1. The summed E-state index contributed by atoms with van der Waals surface area (Å²) in [4.78, 5) is 0. The maximum Gasteiger partial charge on any atom is 0.312 e. The zero-order chi connectivity index (χ0) is 19.8. The normalized spacial score (nSPS) is 14.2. The van der Waals surface area contributed by atoms with Crippen LogP contribution in [0.2, 0.25) is 65.0 Å². The fourth-order valence-electron chi connectivity index (χ4n) is 3.52. The average molecular weight is 422 g/mol. The summed E-state index contributed by atoms with van der Waals surface area (Å²) < 4.78 is 19.5. The highest BCUT2D eigenvalue weighted by Crippen LogP contribution is 2.26. The van der Waals surface area contributed by atoms with Crippen molar-refractivity contribution in [3.8, 4) is 0 Å². The van der Waals surface area contributed by atoms with Crippen molar-refractivity contribution in [2.75, 3.05) is 0 Å². The van der Waals surface area contributed by atoms with E-state index in [4.69, 9.17) is 12.3 Å². The van der Waals surface area contributed by atoms with Gasteiger partial charge >= 0.3 is 17.1 Å². The van der Waals surface area contributed by atoms with Crippen molar-refractivity contribution in [1.82, 2.24) is 0 Å². The van der Waals surface area contributed by atoms with E-state index in [1.54, 1.807) is 0 Å². The van der Waals surface area contributed by atoms with E-state index in [0.29, 0.717) is 0 Å². The molecule has 0 bridgehead atoms. The summed E-state index contributed by atoms with van der Waals surface area (Å²) in [6, 6.07) is 1.24. The van der Waals surface area contributed by atoms with E-state index in [1.165, 1.54) is 44.6 Å². The highest BCUT2D eigenvalue weighted by Gasteiger charge is 2.42. The summed E-state index contributed by atoms with van der Waals surface area (Å²) in [5.74, 6) is 0. The molecule has 0 fully saturated rings. The third-order valence-electron chi connectivity index (χ3n) is 3.84. The van der Waals surface area contributed by atoms with Gasteiger partial charge in [-0.1, -0.05) is 51.9 Å². The summed E-state index contributed by atoms with van der Waals surface area (Å²) in [6.45, 7) is 24.0. The molecule has 0 heterocycles. The van der Waals surface area contributed by atoms with Crippen LogP contribution in [-0.4, -0.2) is 33.8 Å². The Bertz CT molecular complexity index is 366. The second-order valence-corrected chi connectivity index (χ2v) is 26.0. The van der Waals surface area contributed by atoms with Gasteiger partial charge in [0.25, 0.3) is 0 Å². The van der Waals surface area contributed by atoms with Gasteiger partial charge in [-0.2, -0.15) is 0 Å². The van der Waals surface area contributed by atoms with Crippen molar-refractivity contribution in [3.05, 3.63) is 6.92 Å². The van der Waals surface area contributed by atoms with Crippen molar-refractivity contribution in [2.45, 2.75) is 110 Å². The molecule has 0 spiro atoms. The Hall–Kier alpha value is 0.748. The van der Waals surface area contributed by atoms with E-state index in [2.05, 4.69) is 65.8 Å². The van der Waals surface area contributed by atoms with Gasteiger partial charge < -0.3 is 12.3 Å². The predicted molar refractivity (Wildman–Crippen MR) is 122 cm³/mol. The Morgan fingerprint density at radius 2 is 1.00 bits per heavy atom. The number of hydrogen-bond acceptors (Lipinski definition) is 3. The molecule has 3 nitrogen and oxygen atoms in total.